The fraction of sp³-hybridized carbons (Fsp3) is 0.200. The second-order valence-corrected chi connectivity index (χ2v) is 4.05. The quantitative estimate of drug-likeness (QED) is 0.812. The van der Waals surface area contributed by atoms with E-state index in [1.165, 1.54) is 12.1 Å². The Balaban J connectivity index is 1.80. The van der Waals surface area contributed by atoms with Crippen molar-refractivity contribution >= 4 is 5.69 Å². The van der Waals surface area contributed by atoms with Crippen molar-refractivity contribution in [1.29, 1.82) is 0 Å². The monoisotopic (exact) mass is 245 g/mol. The van der Waals surface area contributed by atoms with E-state index in [2.05, 4.69) is 5.32 Å². The number of nitrogens with one attached hydrogen (secondary N) is 1. The van der Waals surface area contributed by atoms with Crippen LogP contribution in [0.2, 0.25) is 0 Å². The van der Waals surface area contributed by atoms with Gasteiger partial charge in [0.25, 0.3) is 0 Å². The largest absolute Gasteiger partial charge is 0.491 e. The van der Waals surface area contributed by atoms with Crippen molar-refractivity contribution in [3.05, 3.63) is 59.9 Å². The number of para-hydroxylation sites is 1. The molecule has 1 N–H and O–H groups in total. The number of hydrogen-bond acceptors (Lipinski definition) is 2. The zero-order valence-electron chi connectivity index (χ0n) is 10.3. The molecule has 18 heavy (non-hydrogen) atoms. The average Bonchev–Trinajstić information content (AvgIpc) is 2.40. The van der Waals surface area contributed by atoms with Crippen LogP contribution in [-0.4, -0.2) is 13.2 Å². The number of anilines is 1. The fourth-order valence-electron chi connectivity index (χ4n) is 1.64. The highest BCUT2D eigenvalue weighted by atomic mass is 19.1. The van der Waals surface area contributed by atoms with Gasteiger partial charge in [-0.25, -0.2) is 4.39 Å². The first kappa shape index (κ1) is 12.4. The molecule has 0 heterocycles. The molecule has 0 bridgehead atoms. The van der Waals surface area contributed by atoms with Crippen molar-refractivity contribution in [2.24, 2.45) is 0 Å². The number of hydrogen-bond donors (Lipinski definition) is 1. The number of ether oxygens (including phenoxy) is 1. The summed E-state index contributed by atoms with van der Waals surface area (Å²) in [5.41, 5.74) is 1.99. The van der Waals surface area contributed by atoms with Crippen molar-refractivity contribution in [2.75, 3.05) is 18.5 Å². The second kappa shape index (κ2) is 6.05. The Bertz CT molecular complexity index is 499. The van der Waals surface area contributed by atoms with Gasteiger partial charge in [0, 0.05) is 18.3 Å². The third-order valence-electron chi connectivity index (χ3n) is 2.61. The van der Waals surface area contributed by atoms with E-state index < -0.39 is 0 Å². The molecular weight excluding hydrogens is 229 g/mol. The molecule has 0 aliphatic rings. The molecule has 2 nitrogen and oxygen atoms in total. The third kappa shape index (κ3) is 3.48. The van der Waals surface area contributed by atoms with Gasteiger partial charge in [-0.3, -0.25) is 0 Å². The van der Waals surface area contributed by atoms with Crippen LogP contribution < -0.4 is 10.1 Å². The van der Waals surface area contributed by atoms with Crippen LogP contribution in [0, 0.1) is 12.7 Å². The summed E-state index contributed by atoms with van der Waals surface area (Å²) in [5, 5.41) is 3.23. The van der Waals surface area contributed by atoms with Crippen molar-refractivity contribution in [3.63, 3.8) is 0 Å². The Kier molecular flexibility index (Phi) is 4.18. The maximum atomic E-state index is 13.0. The van der Waals surface area contributed by atoms with Gasteiger partial charge in [0.2, 0.25) is 0 Å². The summed E-state index contributed by atoms with van der Waals surface area (Å²) in [4.78, 5) is 0. The van der Waals surface area contributed by atoms with Crippen molar-refractivity contribution in [1.82, 2.24) is 0 Å². The van der Waals surface area contributed by atoms with Crippen LogP contribution in [0.5, 0.6) is 5.75 Å². The van der Waals surface area contributed by atoms with E-state index in [4.69, 9.17) is 4.74 Å². The van der Waals surface area contributed by atoms with E-state index in [1.54, 1.807) is 6.07 Å². The summed E-state index contributed by atoms with van der Waals surface area (Å²) in [6.45, 7) is 3.08. The van der Waals surface area contributed by atoms with Crippen LogP contribution in [0.4, 0.5) is 10.1 Å². The van der Waals surface area contributed by atoms with Crippen molar-refractivity contribution in [3.8, 4) is 5.75 Å². The van der Waals surface area contributed by atoms with E-state index >= 15 is 0 Å². The lowest BCUT2D eigenvalue weighted by atomic mass is 10.2. The topological polar surface area (TPSA) is 21.3 Å². The molecule has 0 saturated heterocycles. The van der Waals surface area contributed by atoms with Gasteiger partial charge in [-0.15, -0.1) is 0 Å². The Labute approximate surface area is 106 Å². The molecular formula is C15H16FNO. The molecule has 0 saturated carbocycles. The van der Waals surface area contributed by atoms with Crippen LogP contribution in [0.25, 0.3) is 0 Å². The minimum atomic E-state index is -0.272. The molecule has 2 aromatic rings. The first-order valence-corrected chi connectivity index (χ1v) is 5.93. The van der Waals surface area contributed by atoms with E-state index in [9.17, 15) is 4.39 Å². The lowest BCUT2D eigenvalue weighted by molar-refractivity contribution is 0.328. The number of aryl methyl sites for hydroxylation is 1. The summed E-state index contributed by atoms with van der Waals surface area (Å²) in [6.07, 6.45) is 0. The maximum absolute atomic E-state index is 13.0. The Morgan fingerprint density at radius 1 is 1.11 bits per heavy atom. The highest BCUT2D eigenvalue weighted by Crippen LogP contribution is 2.18. The summed E-state index contributed by atoms with van der Waals surface area (Å²) in [5.74, 6) is 0.330. The smallest absolute Gasteiger partial charge is 0.126 e. The van der Waals surface area contributed by atoms with Gasteiger partial charge >= 0.3 is 0 Å². The molecule has 0 aliphatic heterocycles. The Morgan fingerprint density at radius 3 is 2.67 bits per heavy atom. The molecule has 2 rings (SSSR count). The lowest BCUT2D eigenvalue weighted by Crippen LogP contribution is -2.11. The lowest BCUT2D eigenvalue weighted by Gasteiger charge is -2.10. The van der Waals surface area contributed by atoms with Crippen LogP contribution in [0.1, 0.15) is 5.56 Å². The van der Waals surface area contributed by atoms with Gasteiger partial charge in [0.15, 0.2) is 0 Å². The average molecular weight is 245 g/mol. The molecule has 0 amide bonds. The minimum Gasteiger partial charge on any atom is -0.491 e. The molecule has 0 unspecified atom stereocenters. The molecule has 0 fully saturated rings. The molecule has 0 aromatic heterocycles. The molecule has 94 valence electrons. The van der Waals surface area contributed by atoms with Gasteiger partial charge in [-0.05, 0) is 30.7 Å². The predicted molar refractivity (Wildman–Crippen MR) is 71.6 cm³/mol. The molecule has 0 atom stereocenters. The fourth-order valence-corrected chi connectivity index (χ4v) is 1.64. The first-order chi connectivity index (χ1) is 8.75. The van der Waals surface area contributed by atoms with E-state index in [0.29, 0.717) is 18.9 Å². The number of halogens is 1. The number of rotatable bonds is 5. The normalized spacial score (nSPS) is 10.1. The summed E-state index contributed by atoms with van der Waals surface area (Å²) >= 11 is 0. The van der Waals surface area contributed by atoms with Gasteiger partial charge in [-0.2, -0.15) is 0 Å². The van der Waals surface area contributed by atoms with E-state index in [0.717, 1.165) is 11.3 Å². The van der Waals surface area contributed by atoms with Gasteiger partial charge in [-0.1, -0.05) is 24.3 Å². The first-order valence-electron chi connectivity index (χ1n) is 5.93. The molecule has 0 aliphatic carbocycles. The zero-order valence-corrected chi connectivity index (χ0v) is 10.3. The Hall–Kier alpha value is -2.03. The van der Waals surface area contributed by atoms with Gasteiger partial charge < -0.3 is 10.1 Å². The molecule has 2 aromatic carbocycles. The van der Waals surface area contributed by atoms with Crippen LogP contribution in [-0.2, 0) is 0 Å². The minimum absolute atomic E-state index is 0.272. The second-order valence-electron chi connectivity index (χ2n) is 4.05. The van der Waals surface area contributed by atoms with E-state index in [1.807, 2.05) is 37.3 Å². The standard InChI is InChI=1S/C15H16FNO/c1-12-7-8-13(16)11-15(12)18-10-9-17-14-5-3-2-4-6-14/h2-8,11,17H,9-10H2,1H3. The van der Waals surface area contributed by atoms with E-state index in [-0.39, 0.29) is 5.82 Å². The van der Waals surface area contributed by atoms with Crippen LogP contribution in [0.15, 0.2) is 48.5 Å². The summed E-state index contributed by atoms with van der Waals surface area (Å²) in [6, 6.07) is 14.5. The highest BCUT2D eigenvalue weighted by molar-refractivity contribution is 5.42. The van der Waals surface area contributed by atoms with Gasteiger partial charge in [0.05, 0.1) is 0 Å². The maximum Gasteiger partial charge on any atom is 0.126 e. The van der Waals surface area contributed by atoms with Crippen LogP contribution >= 0.6 is 0 Å². The van der Waals surface area contributed by atoms with Crippen LogP contribution in [0.3, 0.4) is 0 Å². The van der Waals surface area contributed by atoms with Crippen molar-refractivity contribution < 1.29 is 9.13 Å². The molecule has 0 radical (unpaired) electrons. The molecule has 0 spiro atoms. The number of benzene rings is 2. The third-order valence-corrected chi connectivity index (χ3v) is 2.61. The summed E-state index contributed by atoms with van der Waals surface area (Å²) in [7, 11) is 0. The Morgan fingerprint density at radius 2 is 1.89 bits per heavy atom. The zero-order chi connectivity index (χ0) is 12.8. The highest BCUT2D eigenvalue weighted by Gasteiger charge is 2.01. The predicted octanol–water partition coefficient (Wildman–Crippen LogP) is 3.63. The van der Waals surface area contributed by atoms with Gasteiger partial charge in [0.1, 0.15) is 18.2 Å². The summed E-state index contributed by atoms with van der Waals surface area (Å²) < 4.78 is 18.6. The molecule has 3 heteroatoms. The van der Waals surface area contributed by atoms with Crippen molar-refractivity contribution in [2.45, 2.75) is 6.92 Å². The SMILES string of the molecule is Cc1ccc(F)cc1OCCNc1ccccc1.